The fourth-order valence-corrected chi connectivity index (χ4v) is 3.44. The van der Waals surface area contributed by atoms with Crippen molar-refractivity contribution in [1.82, 2.24) is 4.90 Å². The van der Waals surface area contributed by atoms with Crippen molar-refractivity contribution in [2.45, 2.75) is 24.7 Å². The molecule has 1 saturated heterocycles. The Morgan fingerprint density at radius 2 is 2.00 bits per heavy atom. The number of esters is 1. The van der Waals surface area contributed by atoms with Gasteiger partial charge in [0.05, 0.1) is 24.0 Å². The Balaban J connectivity index is 1.83. The van der Waals surface area contributed by atoms with Crippen LogP contribution in [-0.2, 0) is 16.1 Å². The number of halogens is 1. The Morgan fingerprint density at radius 1 is 1.28 bits per heavy atom. The van der Waals surface area contributed by atoms with Gasteiger partial charge in [0.15, 0.2) is 5.54 Å². The minimum absolute atomic E-state index is 0.0380. The van der Waals surface area contributed by atoms with E-state index in [1.807, 2.05) is 6.07 Å². The molecule has 1 heterocycles. The molecule has 1 unspecified atom stereocenters. The van der Waals surface area contributed by atoms with Gasteiger partial charge in [0.1, 0.15) is 12.4 Å². The number of carboxylic acid groups (broad SMARTS) is 1. The molecule has 8 nitrogen and oxygen atoms in total. The Labute approximate surface area is 166 Å². The van der Waals surface area contributed by atoms with E-state index >= 15 is 0 Å². The van der Waals surface area contributed by atoms with E-state index in [9.17, 15) is 24.2 Å². The number of carbonyl (C=O) groups is 2. The number of rotatable bonds is 6. The lowest BCUT2D eigenvalue weighted by Crippen LogP contribution is -2.57. The molecule has 0 spiro atoms. The molecule has 154 valence electrons. The molecule has 29 heavy (non-hydrogen) atoms. The van der Waals surface area contributed by atoms with Gasteiger partial charge in [0.25, 0.3) is 0 Å². The molecule has 1 fully saturated rings. The second kappa shape index (κ2) is 8.36. The predicted molar refractivity (Wildman–Crippen MR) is 104 cm³/mol. The van der Waals surface area contributed by atoms with Crippen molar-refractivity contribution in [2.75, 3.05) is 24.1 Å². The molecule has 1 amide bonds. The van der Waals surface area contributed by atoms with Crippen LogP contribution in [-0.4, -0.2) is 51.9 Å². The van der Waals surface area contributed by atoms with Gasteiger partial charge < -0.3 is 26.0 Å². The molecule has 0 radical (unpaired) electrons. The number of aliphatic hydroxyl groups excluding tert-OH is 1. The summed E-state index contributed by atoms with van der Waals surface area (Å²) in [5, 5.41) is 22.6. The lowest BCUT2D eigenvalue weighted by molar-refractivity contribution is -0.156. The Hall–Kier alpha value is -3.33. The van der Waals surface area contributed by atoms with Gasteiger partial charge >= 0.3 is 12.1 Å². The first-order valence-corrected chi connectivity index (χ1v) is 9.00. The third-order valence-electron chi connectivity index (χ3n) is 4.89. The summed E-state index contributed by atoms with van der Waals surface area (Å²) in [7, 11) is 0. The average Bonchev–Trinajstić information content (AvgIpc) is 3.04. The van der Waals surface area contributed by atoms with Gasteiger partial charge in [-0.3, -0.25) is 4.90 Å². The Morgan fingerprint density at radius 3 is 2.66 bits per heavy atom. The van der Waals surface area contributed by atoms with Gasteiger partial charge in [-0.2, -0.15) is 0 Å². The highest BCUT2D eigenvalue weighted by atomic mass is 19.1. The second-order valence-electron chi connectivity index (χ2n) is 6.93. The van der Waals surface area contributed by atoms with Crippen molar-refractivity contribution >= 4 is 23.4 Å². The highest BCUT2D eigenvalue weighted by molar-refractivity contribution is 5.87. The van der Waals surface area contributed by atoms with Crippen LogP contribution >= 0.6 is 0 Å². The van der Waals surface area contributed by atoms with Crippen LogP contribution in [0.3, 0.4) is 0 Å². The first-order chi connectivity index (χ1) is 13.8. The summed E-state index contributed by atoms with van der Waals surface area (Å²) >= 11 is 0. The maximum Gasteiger partial charge on any atom is 0.408 e. The molecule has 9 heteroatoms. The van der Waals surface area contributed by atoms with E-state index in [4.69, 9.17) is 10.5 Å². The van der Waals surface area contributed by atoms with Gasteiger partial charge in [-0.1, -0.05) is 30.3 Å². The van der Waals surface area contributed by atoms with E-state index in [1.54, 1.807) is 24.3 Å². The third-order valence-corrected chi connectivity index (χ3v) is 4.89. The van der Waals surface area contributed by atoms with Crippen LogP contribution in [0.2, 0.25) is 0 Å². The normalized spacial score (nSPS) is 21.0. The van der Waals surface area contributed by atoms with Gasteiger partial charge in [0, 0.05) is 13.0 Å². The number of hydrogen-bond acceptors (Lipinski definition) is 6. The average molecular weight is 403 g/mol. The smallest absolute Gasteiger partial charge is 0.408 e. The van der Waals surface area contributed by atoms with Crippen molar-refractivity contribution < 1.29 is 28.9 Å². The molecular weight excluding hydrogens is 381 g/mol. The highest BCUT2D eigenvalue weighted by Gasteiger charge is 2.54. The van der Waals surface area contributed by atoms with E-state index in [0.29, 0.717) is 5.69 Å². The molecule has 0 saturated carbocycles. The maximum absolute atomic E-state index is 13.3. The van der Waals surface area contributed by atoms with Crippen molar-refractivity contribution in [2.24, 2.45) is 0 Å². The van der Waals surface area contributed by atoms with Crippen LogP contribution in [0.4, 0.5) is 20.6 Å². The van der Waals surface area contributed by atoms with Crippen molar-refractivity contribution in [3.05, 3.63) is 59.9 Å². The molecule has 5 N–H and O–H groups in total. The number of aliphatic hydroxyl groups is 1. The molecule has 0 aliphatic carbocycles. The minimum Gasteiger partial charge on any atom is -0.465 e. The zero-order valence-corrected chi connectivity index (χ0v) is 15.5. The lowest BCUT2D eigenvalue weighted by atomic mass is 9.95. The summed E-state index contributed by atoms with van der Waals surface area (Å²) in [4.78, 5) is 25.6. The van der Waals surface area contributed by atoms with E-state index < -0.39 is 29.5 Å². The number of nitrogen functional groups attached to an aromatic ring is 1. The number of nitrogens with one attached hydrogen (secondary N) is 1. The van der Waals surface area contributed by atoms with Gasteiger partial charge in [-0.25, -0.2) is 14.0 Å². The number of hydrogen-bond donors (Lipinski definition) is 4. The van der Waals surface area contributed by atoms with Crippen molar-refractivity contribution in [1.29, 1.82) is 0 Å². The molecule has 0 aromatic heterocycles. The third kappa shape index (κ3) is 4.40. The lowest BCUT2D eigenvalue weighted by Gasteiger charge is -2.34. The molecule has 0 bridgehead atoms. The first-order valence-electron chi connectivity index (χ1n) is 9.00. The Bertz CT molecular complexity index is 895. The van der Waals surface area contributed by atoms with Crippen molar-refractivity contribution in [3.8, 4) is 0 Å². The van der Waals surface area contributed by atoms with Gasteiger partial charge in [0.2, 0.25) is 0 Å². The van der Waals surface area contributed by atoms with Crippen LogP contribution in [0.1, 0.15) is 12.0 Å². The van der Waals surface area contributed by atoms with E-state index in [0.717, 1.165) is 16.5 Å². The van der Waals surface area contributed by atoms with E-state index in [-0.39, 0.29) is 31.8 Å². The highest BCUT2D eigenvalue weighted by Crippen LogP contribution is 2.33. The molecule has 3 rings (SSSR count). The summed E-state index contributed by atoms with van der Waals surface area (Å²) in [5.41, 5.74) is 5.33. The van der Waals surface area contributed by atoms with Crippen LogP contribution in [0.15, 0.2) is 48.5 Å². The summed E-state index contributed by atoms with van der Waals surface area (Å²) in [5.74, 6) is -1.30. The molecule has 1 aliphatic rings. The Kier molecular flexibility index (Phi) is 5.88. The molecular formula is C20H22FN3O5. The fourth-order valence-electron chi connectivity index (χ4n) is 3.44. The number of anilines is 2. The van der Waals surface area contributed by atoms with Crippen molar-refractivity contribution in [3.63, 3.8) is 0 Å². The number of nitrogens with two attached hydrogens (primary N) is 1. The maximum atomic E-state index is 13.3. The number of amides is 1. The number of carbonyl (C=O) groups excluding carboxylic acids is 1. The van der Waals surface area contributed by atoms with Crippen LogP contribution < -0.4 is 11.1 Å². The van der Waals surface area contributed by atoms with E-state index in [2.05, 4.69) is 5.32 Å². The number of β-amino-alcohol motifs (C(OH)–C–C–N with tert-alkyl or cyclic N) is 1. The standard InChI is InChI=1S/C20H22FN3O5/c21-14-6-7-17(16(22)8-14)23-12-20(9-15(25)10-24(20)19(27)28)18(26)29-11-13-4-2-1-3-5-13/h1-8,15,23,25H,9-12,22H2,(H,27,28)/t15?,20-/m0/s1. The summed E-state index contributed by atoms with van der Waals surface area (Å²) in [6.45, 7) is -0.459. The zero-order valence-electron chi connectivity index (χ0n) is 15.5. The number of likely N-dealkylation sites (tertiary alicyclic amines) is 1. The topological polar surface area (TPSA) is 125 Å². The first kappa shape index (κ1) is 20.4. The summed E-state index contributed by atoms with van der Waals surface area (Å²) in [6.07, 6.45) is -2.52. The number of ether oxygens (including phenoxy) is 1. The van der Waals surface area contributed by atoms with Gasteiger partial charge in [-0.15, -0.1) is 0 Å². The van der Waals surface area contributed by atoms with Gasteiger partial charge in [-0.05, 0) is 23.8 Å². The molecule has 2 aromatic rings. The molecule has 1 aliphatic heterocycles. The minimum atomic E-state index is -1.65. The van der Waals surface area contributed by atoms with E-state index in [1.165, 1.54) is 12.1 Å². The monoisotopic (exact) mass is 403 g/mol. The second-order valence-corrected chi connectivity index (χ2v) is 6.93. The van der Waals surface area contributed by atoms with Crippen LogP contribution in [0, 0.1) is 5.82 Å². The fraction of sp³-hybridized carbons (Fsp3) is 0.300. The number of benzene rings is 2. The predicted octanol–water partition coefficient (Wildman–Crippen LogP) is 2.05. The SMILES string of the molecule is Nc1cc(F)ccc1NC[C@]1(C(=O)OCc2ccccc2)CC(O)CN1C(=O)O. The quantitative estimate of drug-likeness (QED) is 0.430. The van der Waals surface area contributed by atoms with Crippen LogP contribution in [0.5, 0.6) is 0 Å². The molecule has 2 atom stereocenters. The number of nitrogens with zero attached hydrogens (tertiary/aromatic N) is 1. The molecule has 2 aromatic carbocycles. The summed E-state index contributed by atoms with van der Waals surface area (Å²) < 4.78 is 18.7. The van der Waals surface area contributed by atoms with Crippen LogP contribution in [0.25, 0.3) is 0 Å². The zero-order chi connectivity index (χ0) is 21.0. The largest absolute Gasteiger partial charge is 0.465 e. The summed E-state index contributed by atoms with van der Waals surface area (Å²) in [6, 6.07) is 12.7.